The Morgan fingerprint density at radius 1 is 1.24 bits per heavy atom. The van der Waals surface area contributed by atoms with Gasteiger partial charge in [0.25, 0.3) is 0 Å². The van der Waals surface area contributed by atoms with Crippen molar-refractivity contribution in [2.75, 3.05) is 18.1 Å². The molecule has 1 aromatic carbocycles. The van der Waals surface area contributed by atoms with E-state index in [0.717, 1.165) is 31.9 Å². The number of phenolic OH excluding ortho intramolecular Hbond substituents is 1. The number of nitrogens with one attached hydrogen (secondary N) is 1. The molecule has 21 heavy (non-hydrogen) atoms. The molecular weight excluding hydrogens is 292 g/mol. The van der Waals surface area contributed by atoms with Crippen LogP contribution in [-0.4, -0.2) is 32.2 Å². The maximum atomic E-state index is 11.8. The summed E-state index contributed by atoms with van der Waals surface area (Å²) >= 11 is 0. The minimum atomic E-state index is -3.38. The van der Waals surface area contributed by atoms with E-state index in [1.165, 1.54) is 18.2 Å². The zero-order chi connectivity index (χ0) is 15.9. The topological polar surface area (TPSA) is 109 Å². The van der Waals surface area contributed by atoms with E-state index < -0.39 is 9.84 Å². The number of anilines is 1. The summed E-state index contributed by atoms with van der Waals surface area (Å²) in [6.07, 6.45) is 4.98. The zero-order valence-electron chi connectivity index (χ0n) is 12.1. The highest BCUT2D eigenvalue weighted by molar-refractivity contribution is 7.90. The lowest BCUT2D eigenvalue weighted by atomic mass is 10.1. The third-order valence-corrected chi connectivity index (χ3v) is 4.14. The number of phenols is 1. The Morgan fingerprint density at radius 2 is 1.90 bits per heavy atom. The van der Waals surface area contributed by atoms with Gasteiger partial charge in [0.05, 0.1) is 10.6 Å². The monoisotopic (exact) mass is 314 g/mol. The van der Waals surface area contributed by atoms with Gasteiger partial charge < -0.3 is 16.2 Å². The summed E-state index contributed by atoms with van der Waals surface area (Å²) in [6.45, 7) is 0.651. The fraction of sp³-hybridized carbons (Fsp3) is 0.500. The Kier molecular flexibility index (Phi) is 6.64. The minimum Gasteiger partial charge on any atom is -0.506 e. The van der Waals surface area contributed by atoms with E-state index in [0.29, 0.717) is 13.0 Å². The number of nitrogens with two attached hydrogens (primary N) is 1. The number of hydrogen-bond donors (Lipinski definition) is 3. The number of rotatable bonds is 8. The Morgan fingerprint density at radius 3 is 2.52 bits per heavy atom. The highest BCUT2D eigenvalue weighted by Gasteiger charge is 2.12. The smallest absolute Gasteiger partial charge is 0.224 e. The van der Waals surface area contributed by atoms with Crippen LogP contribution >= 0.6 is 0 Å². The summed E-state index contributed by atoms with van der Waals surface area (Å²) in [7, 11) is -3.38. The number of carbonyl (C=O) groups is 1. The van der Waals surface area contributed by atoms with E-state index in [2.05, 4.69) is 5.32 Å². The van der Waals surface area contributed by atoms with Crippen LogP contribution in [0.3, 0.4) is 0 Å². The van der Waals surface area contributed by atoms with Crippen LogP contribution < -0.4 is 11.1 Å². The molecular formula is C14H22N2O4S. The number of aromatic hydroxyl groups is 1. The normalized spacial score (nSPS) is 11.3. The second-order valence-electron chi connectivity index (χ2n) is 4.95. The van der Waals surface area contributed by atoms with Crippen LogP contribution in [0.5, 0.6) is 5.75 Å². The number of sulfone groups is 1. The van der Waals surface area contributed by atoms with Crippen molar-refractivity contribution in [2.24, 2.45) is 5.73 Å². The Labute approximate surface area is 125 Å². The van der Waals surface area contributed by atoms with Crippen molar-refractivity contribution >= 4 is 21.4 Å². The maximum Gasteiger partial charge on any atom is 0.224 e. The lowest BCUT2D eigenvalue weighted by Gasteiger charge is -2.09. The Balaban J connectivity index is 2.59. The highest BCUT2D eigenvalue weighted by atomic mass is 32.2. The van der Waals surface area contributed by atoms with Crippen molar-refractivity contribution in [2.45, 2.75) is 37.0 Å². The molecule has 0 aromatic heterocycles. The summed E-state index contributed by atoms with van der Waals surface area (Å²) in [6, 6.07) is 3.82. The number of benzene rings is 1. The van der Waals surface area contributed by atoms with Gasteiger partial charge in [0, 0.05) is 12.7 Å². The van der Waals surface area contributed by atoms with E-state index >= 15 is 0 Å². The predicted molar refractivity (Wildman–Crippen MR) is 82.0 cm³/mol. The first-order chi connectivity index (χ1) is 9.84. The molecule has 0 spiro atoms. The van der Waals surface area contributed by atoms with E-state index in [1.54, 1.807) is 0 Å². The molecule has 0 fully saturated rings. The Hall–Kier alpha value is -1.60. The SMILES string of the molecule is CS(=O)(=O)c1ccc(O)c(NC(=O)CCCCCCN)c1. The predicted octanol–water partition coefficient (Wildman–Crippen LogP) is 1.64. The standard InChI is InChI=1S/C14H22N2O4S/c1-21(19,20)11-7-8-13(17)12(10-11)16-14(18)6-4-2-3-5-9-15/h7-8,10,17H,2-6,9,15H2,1H3,(H,16,18). The average Bonchev–Trinajstić information content (AvgIpc) is 2.40. The van der Waals surface area contributed by atoms with E-state index in [9.17, 15) is 18.3 Å². The summed E-state index contributed by atoms with van der Waals surface area (Å²) in [4.78, 5) is 11.8. The highest BCUT2D eigenvalue weighted by Crippen LogP contribution is 2.26. The quantitative estimate of drug-likeness (QED) is 0.499. The summed E-state index contributed by atoms with van der Waals surface area (Å²) in [5, 5.41) is 12.2. The van der Waals surface area contributed by atoms with Crippen LogP contribution in [0.4, 0.5) is 5.69 Å². The molecule has 1 aromatic rings. The first-order valence-electron chi connectivity index (χ1n) is 6.87. The average molecular weight is 314 g/mol. The molecule has 6 nitrogen and oxygen atoms in total. The van der Waals surface area contributed by atoms with Gasteiger partial charge in [-0.25, -0.2) is 8.42 Å². The molecule has 0 aliphatic rings. The lowest BCUT2D eigenvalue weighted by Crippen LogP contribution is -2.12. The Bertz CT molecular complexity index is 585. The van der Waals surface area contributed by atoms with Crippen molar-refractivity contribution in [1.29, 1.82) is 0 Å². The van der Waals surface area contributed by atoms with E-state index in [4.69, 9.17) is 5.73 Å². The van der Waals surface area contributed by atoms with E-state index in [-0.39, 0.29) is 22.2 Å². The molecule has 4 N–H and O–H groups in total. The molecule has 1 amide bonds. The van der Waals surface area contributed by atoms with Crippen molar-refractivity contribution < 1.29 is 18.3 Å². The minimum absolute atomic E-state index is 0.0542. The number of unbranched alkanes of at least 4 members (excludes halogenated alkanes) is 3. The van der Waals surface area contributed by atoms with Gasteiger partial charge in [0.15, 0.2) is 9.84 Å². The van der Waals surface area contributed by atoms with Gasteiger partial charge in [-0.2, -0.15) is 0 Å². The number of hydrogen-bond acceptors (Lipinski definition) is 5. The van der Waals surface area contributed by atoms with Gasteiger partial charge in [0.2, 0.25) is 5.91 Å². The summed E-state index contributed by atoms with van der Waals surface area (Å²) in [5.41, 5.74) is 5.50. The molecule has 0 saturated heterocycles. The molecule has 7 heteroatoms. The van der Waals surface area contributed by atoms with Crippen molar-refractivity contribution in [3.63, 3.8) is 0 Å². The lowest BCUT2D eigenvalue weighted by molar-refractivity contribution is -0.116. The fourth-order valence-corrected chi connectivity index (χ4v) is 2.49. The molecule has 0 radical (unpaired) electrons. The summed E-state index contributed by atoms with van der Waals surface area (Å²) in [5.74, 6) is -0.400. The molecule has 0 saturated carbocycles. The third-order valence-electron chi connectivity index (χ3n) is 3.03. The van der Waals surface area contributed by atoms with Crippen LogP contribution in [0.25, 0.3) is 0 Å². The van der Waals surface area contributed by atoms with Gasteiger partial charge in [0.1, 0.15) is 5.75 Å². The summed E-state index contributed by atoms with van der Waals surface area (Å²) < 4.78 is 22.9. The first-order valence-corrected chi connectivity index (χ1v) is 8.76. The molecule has 0 aliphatic heterocycles. The second kappa shape index (κ2) is 7.99. The molecule has 118 valence electrons. The van der Waals surface area contributed by atoms with E-state index in [1.807, 2.05) is 0 Å². The van der Waals surface area contributed by atoms with Gasteiger partial charge in [-0.3, -0.25) is 4.79 Å². The number of amides is 1. The largest absolute Gasteiger partial charge is 0.506 e. The molecule has 0 unspecified atom stereocenters. The van der Waals surface area contributed by atoms with Crippen LogP contribution in [0.1, 0.15) is 32.1 Å². The van der Waals surface area contributed by atoms with Crippen molar-refractivity contribution in [1.82, 2.24) is 0 Å². The molecule has 0 aliphatic carbocycles. The van der Waals surface area contributed by atoms with Crippen LogP contribution in [0, 0.1) is 0 Å². The first kappa shape index (κ1) is 17.5. The molecule has 0 heterocycles. The van der Waals surface area contributed by atoms with Gasteiger partial charge in [-0.15, -0.1) is 0 Å². The van der Waals surface area contributed by atoms with Crippen molar-refractivity contribution in [3.05, 3.63) is 18.2 Å². The van der Waals surface area contributed by atoms with Crippen LogP contribution in [0.15, 0.2) is 23.1 Å². The van der Waals surface area contributed by atoms with Gasteiger partial charge >= 0.3 is 0 Å². The van der Waals surface area contributed by atoms with Gasteiger partial charge in [-0.1, -0.05) is 12.8 Å². The fourth-order valence-electron chi connectivity index (χ4n) is 1.84. The second-order valence-corrected chi connectivity index (χ2v) is 6.97. The maximum absolute atomic E-state index is 11.8. The molecule has 1 rings (SSSR count). The molecule has 0 atom stereocenters. The van der Waals surface area contributed by atoms with Crippen molar-refractivity contribution in [3.8, 4) is 5.75 Å². The zero-order valence-corrected chi connectivity index (χ0v) is 12.9. The number of carbonyl (C=O) groups excluding carboxylic acids is 1. The van der Waals surface area contributed by atoms with Crippen LogP contribution in [0.2, 0.25) is 0 Å². The van der Waals surface area contributed by atoms with Crippen LogP contribution in [-0.2, 0) is 14.6 Å². The van der Waals surface area contributed by atoms with Gasteiger partial charge in [-0.05, 0) is 37.6 Å². The third kappa shape index (κ3) is 6.14. The molecule has 0 bridgehead atoms.